The maximum atomic E-state index is 13.8. The minimum Gasteiger partial charge on any atom is -0.497 e. The van der Waals surface area contributed by atoms with E-state index >= 15 is 0 Å². The van der Waals surface area contributed by atoms with Gasteiger partial charge in [-0.25, -0.2) is 9.97 Å². The van der Waals surface area contributed by atoms with Crippen LogP contribution in [0.25, 0.3) is 0 Å². The molecular weight excluding hydrogens is 660 g/mol. The number of alkyl halides is 6. The molecule has 1 atom stereocenters. The molecule has 0 saturated carbocycles. The summed E-state index contributed by atoms with van der Waals surface area (Å²) in [6.45, 7) is 3.16. The number of rotatable bonds is 15. The standard InChI is InChI=1S/C33H37F6N5O3S/c1-5-43(20-22-6-8-26(45-2)9-7-22)28-10-11-30(46-3)44(21-23-14-24(32(34,35)36)16-25(15-23)33(37,38)39)29(28)19-42-31-40-17-27(18-41-31)47-12-13-48-4/h6-11,14-18,30H,5,12-13,19-21H2,1-4H3,(H,40,41,42). The maximum absolute atomic E-state index is 13.8. The highest BCUT2D eigenvalue weighted by Gasteiger charge is 2.37. The fraction of sp³-hybridized carbons (Fsp3) is 0.394. The van der Waals surface area contributed by atoms with Gasteiger partial charge in [0.05, 0.1) is 55.2 Å². The number of hydrogen-bond acceptors (Lipinski definition) is 9. The summed E-state index contributed by atoms with van der Waals surface area (Å²) in [5.74, 6) is 2.22. The number of allylic oxidation sites excluding steroid dienone is 1. The molecule has 0 amide bonds. The van der Waals surface area contributed by atoms with Crippen LogP contribution in [-0.2, 0) is 30.2 Å². The zero-order valence-corrected chi connectivity index (χ0v) is 27.7. The Morgan fingerprint density at radius 2 is 1.56 bits per heavy atom. The van der Waals surface area contributed by atoms with Crippen molar-refractivity contribution in [1.29, 1.82) is 0 Å². The number of nitrogens with one attached hydrogen (secondary N) is 1. The van der Waals surface area contributed by atoms with Gasteiger partial charge in [0, 0.05) is 32.5 Å². The maximum Gasteiger partial charge on any atom is 0.416 e. The average molecular weight is 698 g/mol. The molecule has 1 aliphatic rings. The molecular formula is C33H37F6N5O3S. The van der Waals surface area contributed by atoms with Crippen LogP contribution in [0.3, 0.4) is 0 Å². The SMILES string of the molecule is CCN(Cc1ccc(OC)cc1)C1=C(CNc2ncc(OCCSC)cn2)N(Cc2cc(C(F)(F)F)cc(C(F)(F)F)c2)C(OC)C=C1. The lowest BCUT2D eigenvalue weighted by Gasteiger charge is -2.40. The molecule has 1 unspecified atom stereocenters. The van der Waals surface area contributed by atoms with E-state index in [0.717, 1.165) is 23.4 Å². The third kappa shape index (κ3) is 9.72. The van der Waals surface area contributed by atoms with Gasteiger partial charge in [0.15, 0.2) is 5.75 Å². The molecule has 15 heteroatoms. The van der Waals surface area contributed by atoms with Gasteiger partial charge in [-0.15, -0.1) is 0 Å². The monoisotopic (exact) mass is 697 g/mol. The van der Waals surface area contributed by atoms with E-state index in [9.17, 15) is 26.3 Å². The van der Waals surface area contributed by atoms with Gasteiger partial charge in [0.1, 0.15) is 12.0 Å². The van der Waals surface area contributed by atoms with Crippen LogP contribution in [0.4, 0.5) is 32.3 Å². The molecule has 0 aliphatic carbocycles. The summed E-state index contributed by atoms with van der Waals surface area (Å²) in [5.41, 5.74) is -0.767. The molecule has 260 valence electrons. The van der Waals surface area contributed by atoms with Crippen LogP contribution in [0.5, 0.6) is 11.5 Å². The molecule has 8 nitrogen and oxygen atoms in total. The van der Waals surface area contributed by atoms with Crippen LogP contribution in [0, 0.1) is 0 Å². The predicted octanol–water partition coefficient (Wildman–Crippen LogP) is 7.45. The number of nitrogens with zero attached hydrogens (tertiary/aromatic N) is 4. The Kier molecular flexibility index (Phi) is 12.5. The molecule has 0 bridgehead atoms. The van der Waals surface area contributed by atoms with E-state index in [2.05, 4.69) is 15.3 Å². The van der Waals surface area contributed by atoms with Gasteiger partial charge in [0.25, 0.3) is 0 Å². The normalized spacial score (nSPS) is 15.1. The van der Waals surface area contributed by atoms with E-state index in [-0.39, 0.29) is 30.7 Å². The zero-order chi connectivity index (χ0) is 34.9. The van der Waals surface area contributed by atoms with Crippen molar-refractivity contribution in [3.05, 3.63) is 101 Å². The molecule has 1 N–H and O–H groups in total. The molecule has 0 radical (unpaired) electrons. The summed E-state index contributed by atoms with van der Waals surface area (Å²) in [7, 11) is 2.99. The Morgan fingerprint density at radius 3 is 2.10 bits per heavy atom. The Morgan fingerprint density at radius 1 is 0.917 bits per heavy atom. The molecule has 48 heavy (non-hydrogen) atoms. The van der Waals surface area contributed by atoms with Crippen molar-refractivity contribution in [2.75, 3.05) is 51.2 Å². The molecule has 1 aliphatic heterocycles. The zero-order valence-electron chi connectivity index (χ0n) is 26.9. The summed E-state index contributed by atoms with van der Waals surface area (Å²) in [4.78, 5) is 12.3. The number of ether oxygens (including phenoxy) is 3. The number of likely N-dealkylation sites (N-methyl/N-ethyl adjacent to an activating group) is 1. The lowest BCUT2D eigenvalue weighted by molar-refractivity contribution is -0.143. The predicted molar refractivity (Wildman–Crippen MR) is 172 cm³/mol. The molecule has 0 fully saturated rings. The van der Waals surface area contributed by atoms with Gasteiger partial charge in [-0.05, 0) is 66.8 Å². The van der Waals surface area contributed by atoms with Gasteiger partial charge in [-0.1, -0.05) is 12.1 Å². The summed E-state index contributed by atoms with van der Waals surface area (Å²) < 4.78 is 99.1. The van der Waals surface area contributed by atoms with Gasteiger partial charge in [-0.3, -0.25) is 0 Å². The lowest BCUT2D eigenvalue weighted by Crippen LogP contribution is -2.42. The molecule has 0 saturated heterocycles. The fourth-order valence-electron chi connectivity index (χ4n) is 5.06. The molecule has 1 aromatic heterocycles. The second-order valence-electron chi connectivity index (χ2n) is 10.7. The van der Waals surface area contributed by atoms with E-state index < -0.39 is 29.7 Å². The number of halogens is 6. The minimum atomic E-state index is -4.98. The van der Waals surface area contributed by atoms with Crippen LogP contribution in [0.1, 0.15) is 29.2 Å². The largest absolute Gasteiger partial charge is 0.497 e. The van der Waals surface area contributed by atoms with E-state index in [1.54, 1.807) is 29.8 Å². The Hall–Kier alpha value is -4.11. The van der Waals surface area contributed by atoms with Crippen LogP contribution in [0.2, 0.25) is 0 Å². The number of anilines is 1. The highest BCUT2D eigenvalue weighted by molar-refractivity contribution is 7.98. The topological polar surface area (TPSA) is 72.0 Å². The third-order valence-electron chi connectivity index (χ3n) is 7.46. The summed E-state index contributed by atoms with van der Waals surface area (Å²) in [5, 5.41) is 3.15. The highest BCUT2D eigenvalue weighted by Crippen LogP contribution is 2.37. The summed E-state index contributed by atoms with van der Waals surface area (Å²) in [6.07, 6.45) is -2.21. The smallest absolute Gasteiger partial charge is 0.416 e. The van der Waals surface area contributed by atoms with Crippen LogP contribution >= 0.6 is 11.8 Å². The molecule has 0 spiro atoms. The number of thioether (sulfide) groups is 1. The second kappa shape index (κ2) is 16.3. The first kappa shape index (κ1) is 36.7. The van der Waals surface area contributed by atoms with Gasteiger partial charge in [0.2, 0.25) is 5.95 Å². The lowest BCUT2D eigenvalue weighted by atomic mass is 10.0. The number of benzene rings is 2. The first-order valence-corrected chi connectivity index (χ1v) is 16.3. The van der Waals surface area contributed by atoms with E-state index in [1.807, 2.05) is 48.4 Å². The Bertz CT molecular complexity index is 1520. The highest BCUT2D eigenvalue weighted by atomic mass is 32.2. The number of hydrogen-bond donors (Lipinski definition) is 1. The first-order valence-electron chi connectivity index (χ1n) is 14.9. The molecule has 3 aromatic rings. The molecule has 2 heterocycles. The molecule has 4 rings (SSSR count). The van der Waals surface area contributed by atoms with Crippen molar-refractivity contribution in [2.24, 2.45) is 0 Å². The van der Waals surface area contributed by atoms with E-state index in [0.29, 0.717) is 42.6 Å². The van der Waals surface area contributed by atoms with E-state index in [4.69, 9.17) is 14.2 Å². The quantitative estimate of drug-likeness (QED) is 0.129. The second-order valence-corrected chi connectivity index (χ2v) is 11.6. The van der Waals surface area contributed by atoms with Gasteiger partial charge in [-0.2, -0.15) is 38.1 Å². The van der Waals surface area contributed by atoms with Crippen LogP contribution < -0.4 is 14.8 Å². The van der Waals surface area contributed by atoms with Crippen molar-refractivity contribution in [2.45, 2.75) is 38.6 Å². The number of aromatic nitrogens is 2. The van der Waals surface area contributed by atoms with Crippen molar-refractivity contribution in [3.63, 3.8) is 0 Å². The third-order valence-corrected chi connectivity index (χ3v) is 8.04. The number of methoxy groups -OCH3 is 2. The van der Waals surface area contributed by atoms with Crippen molar-refractivity contribution in [3.8, 4) is 11.5 Å². The summed E-state index contributed by atoms with van der Waals surface area (Å²) >= 11 is 1.64. The first-order chi connectivity index (χ1) is 22.9. The van der Waals surface area contributed by atoms with Crippen LogP contribution in [-0.4, -0.2) is 71.9 Å². The molecule has 2 aromatic carbocycles. The summed E-state index contributed by atoms with van der Waals surface area (Å²) in [6, 6.07) is 9.10. The fourth-order valence-corrected chi connectivity index (χ4v) is 5.31. The Balaban J connectivity index is 1.74. The van der Waals surface area contributed by atoms with Crippen LogP contribution in [0.15, 0.2) is 78.4 Å². The van der Waals surface area contributed by atoms with Crippen molar-refractivity contribution < 1.29 is 40.6 Å². The van der Waals surface area contributed by atoms with Crippen molar-refractivity contribution >= 4 is 17.7 Å². The Labute approximate surface area is 279 Å². The van der Waals surface area contributed by atoms with Gasteiger partial charge >= 0.3 is 12.4 Å². The van der Waals surface area contributed by atoms with Gasteiger partial charge < -0.3 is 29.3 Å². The average Bonchev–Trinajstić information content (AvgIpc) is 3.06. The van der Waals surface area contributed by atoms with Crippen molar-refractivity contribution in [1.82, 2.24) is 19.8 Å². The minimum absolute atomic E-state index is 0.0659. The van der Waals surface area contributed by atoms with E-state index in [1.165, 1.54) is 19.5 Å².